The highest BCUT2D eigenvalue weighted by atomic mass is 32.1. The summed E-state index contributed by atoms with van der Waals surface area (Å²) in [5, 5.41) is 15.8. The monoisotopic (exact) mass is 379 g/mol. The van der Waals surface area contributed by atoms with E-state index in [9.17, 15) is 5.11 Å². The van der Waals surface area contributed by atoms with Gasteiger partial charge in [0.25, 0.3) is 0 Å². The summed E-state index contributed by atoms with van der Waals surface area (Å²) < 4.78 is 10.8. The van der Waals surface area contributed by atoms with E-state index >= 15 is 0 Å². The van der Waals surface area contributed by atoms with Gasteiger partial charge in [0.2, 0.25) is 0 Å². The van der Waals surface area contributed by atoms with Gasteiger partial charge in [-0.15, -0.1) is 11.3 Å². The van der Waals surface area contributed by atoms with Gasteiger partial charge in [0.15, 0.2) is 11.5 Å². The molecule has 2 N–H and O–H groups in total. The van der Waals surface area contributed by atoms with Crippen molar-refractivity contribution in [2.24, 2.45) is 0 Å². The van der Waals surface area contributed by atoms with Crippen LogP contribution in [-0.4, -0.2) is 29.3 Å². The second kappa shape index (κ2) is 7.13. The Morgan fingerprint density at radius 2 is 1.74 bits per heavy atom. The predicted molar refractivity (Wildman–Crippen MR) is 107 cm³/mol. The van der Waals surface area contributed by atoms with E-state index in [1.54, 1.807) is 56.1 Å². The number of hydrogen-bond donors (Lipinski definition) is 2. The van der Waals surface area contributed by atoms with Gasteiger partial charge in [0.05, 0.1) is 19.6 Å². The number of phenolic OH excluding ortho intramolecular Hbond substituents is 1. The summed E-state index contributed by atoms with van der Waals surface area (Å²) >= 11 is 1.56. The van der Waals surface area contributed by atoms with Crippen LogP contribution in [0.15, 0.2) is 54.2 Å². The molecule has 136 valence electrons. The lowest BCUT2D eigenvalue weighted by Gasteiger charge is -2.11. The number of phenols is 1. The van der Waals surface area contributed by atoms with Crippen molar-refractivity contribution in [3.8, 4) is 28.4 Å². The van der Waals surface area contributed by atoms with Crippen LogP contribution in [0, 0.1) is 0 Å². The van der Waals surface area contributed by atoms with Crippen LogP contribution in [0.2, 0.25) is 0 Å². The molecule has 0 aliphatic rings. The third-order valence-corrected chi connectivity index (χ3v) is 5.08. The Morgan fingerprint density at radius 3 is 2.48 bits per heavy atom. The zero-order valence-electron chi connectivity index (χ0n) is 14.8. The maximum absolute atomic E-state index is 9.47. The highest BCUT2D eigenvalue weighted by Crippen LogP contribution is 2.40. The van der Waals surface area contributed by atoms with Crippen LogP contribution in [0.4, 0.5) is 11.5 Å². The van der Waals surface area contributed by atoms with Crippen molar-refractivity contribution in [3.63, 3.8) is 0 Å². The fraction of sp³-hybridized carbons (Fsp3) is 0.100. The number of nitrogens with zero attached hydrogens (tertiary/aromatic N) is 2. The molecule has 0 aliphatic carbocycles. The number of aromatic hydroxyl groups is 1. The van der Waals surface area contributed by atoms with Crippen molar-refractivity contribution in [2.45, 2.75) is 0 Å². The summed E-state index contributed by atoms with van der Waals surface area (Å²) in [5.74, 6) is 2.27. The molecule has 0 saturated carbocycles. The Kier molecular flexibility index (Phi) is 4.52. The topological polar surface area (TPSA) is 76.5 Å². The lowest BCUT2D eigenvalue weighted by molar-refractivity contribution is 0.355. The lowest BCUT2D eigenvalue weighted by Crippen LogP contribution is -1.95. The van der Waals surface area contributed by atoms with Gasteiger partial charge >= 0.3 is 0 Å². The first-order valence-corrected chi connectivity index (χ1v) is 9.08. The van der Waals surface area contributed by atoms with Gasteiger partial charge in [0, 0.05) is 16.6 Å². The number of benzene rings is 2. The Hall–Kier alpha value is -3.32. The van der Waals surface area contributed by atoms with Crippen LogP contribution >= 0.6 is 11.3 Å². The third kappa shape index (κ3) is 3.24. The second-order valence-electron chi connectivity index (χ2n) is 5.79. The molecule has 6 nitrogen and oxygen atoms in total. The third-order valence-electron chi connectivity index (χ3n) is 4.19. The summed E-state index contributed by atoms with van der Waals surface area (Å²) in [6.45, 7) is 0. The van der Waals surface area contributed by atoms with Gasteiger partial charge in [-0.1, -0.05) is 6.07 Å². The molecule has 4 aromatic rings. The fourth-order valence-corrected chi connectivity index (χ4v) is 3.78. The number of aromatic nitrogens is 2. The molecule has 0 saturated heterocycles. The largest absolute Gasteiger partial charge is 0.508 e. The lowest BCUT2D eigenvalue weighted by atomic mass is 10.1. The molecule has 0 radical (unpaired) electrons. The van der Waals surface area contributed by atoms with E-state index in [0.29, 0.717) is 17.3 Å². The van der Waals surface area contributed by atoms with Crippen molar-refractivity contribution in [3.05, 3.63) is 54.2 Å². The van der Waals surface area contributed by atoms with Crippen molar-refractivity contribution < 1.29 is 14.6 Å². The van der Waals surface area contributed by atoms with E-state index in [4.69, 9.17) is 9.47 Å². The quantitative estimate of drug-likeness (QED) is 0.484. The Bertz CT molecular complexity index is 1090. The summed E-state index contributed by atoms with van der Waals surface area (Å²) in [6.07, 6.45) is 1.54. The average molecular weight is 379 g/mol. The Balaban J connectivity index is 1.82. The van der Waals surface area contributed by atoms with Gasteiger partial charge < -0.3 is 19.9 Å². The fourth-order valence-electron chi connectivity index (χ4n) is 2.87. The minimum Gasteiger partial charge on any atom is -0.508 e. The van der Waals surface area contributed by atoms with Gasteiger partial charge in [-0.25, -0.2) is 9.97 Å². The summed E-state index contributed by atoms with van der Waals surface area (Å²) in [4.78, 5) is 9.70. The van der Waals surface area contributed by atoms with Crippen LogP contribution in [0.5, 0.6) is 17.2 Å². The van der Waals surface area contributed by atoms with Gasteiger partial charge in [0.1, 0.15) is 22.7 Å². The molecule has 0 bridgehead atoms. The SMILES string of the molecule is COc1ccc(-c2csc3ncnc(Nc4ccc(O)cc4)c23)cc1OC. The highest BCUT2D eigenvalue weighted by molar-refractivity contribution is 7.17. The summed E-state index contributed by atoms with van der Waals surface area (Å²) in [6, 6.07) is 12.7. The molecule has 7 heteroatoms. The summed E-state index contributed by atoms with van der Waals surface area (Å²) in [7, 11) is 3.24. The van der Waals surface area contributed by atoms with Crippen LogP contribution in [0.25, 0.3) is 21.3 Å². The Labute approximate surface area is 160 Å². The molecule has 0 spiro atoms. The van der Waals surface area contributed by atoms with Gasteiger partial charge in [-0.05, 0) is 42.0 Å². The number of methoxy groups -OCH3 is 2. The molecule has 0 unspecified atom stereocenters. The molecule has 2 heterocycles. The minimum absolute atomic E-state index is 0.218. The Morgan fingerprint density at radius 1 is 0.963 bits per heavy atom. The molecule has 0 amide bonds. The van der Waals surface area contributed by atoms with Crippen molar-refractivity contribution >= 4 is 33.1 Å². The highest BCUT2D eigenvalue weighted by Gasteiger charge is 2.15. The smallest absolute Gasteiger partial charge is 0.161 e. The number of anilines is 2. The van der Waals surface area contributed by atoms with E-state index in [2.05, 4.69) is 20.7 Å². The number of rotatable bonds is 5. The number of fused-ring (bicyclic) bond motifs is 1. The van der Waals surface area contributed by atoms with Gasteiger partial charge in [-0.2, -0.15) is 0 Å². The number of nitrogens with one attached hydrogen (secondary N) is 1. The van der Waals surface area contributed by atoms with Gasteiger partial charge in [-0.3, -0.25) is 0 Å². The first-order chi connectivity index (χ1) is 13.2. The molecular weight excluding hydrogens is 362 g/mol. The molecule has 2 aromatic carbocycles. The first kappa shape index (κ1) is 17.1. The standard InChI is InChI=1S/C20H17N3O3S/c1-25-16-8-3-12(9-17(16)26-2)15-10-27-20-18(15)19(21-11-22-20)23-13-4-6-14(24)7-5-13/h3-11,24H,1-2H3,(H,21,22,23). The molecule has 0 aliphatic heterocycles. The molecule has 0 fully saturated rings. The van der Waals surface area contributed by atoms with E-state index in [0.717, 1.165) is 27.0 Å². The van der Waals surface area contributed by atoms with Crippen molar-refractivity contribution in [2.75, 3.05) is 19.5 Å². The van der Waals surface area contributed by atoms with Crippen LogP contribution in [0.1, 0.15) is 0 Å². The molecule has 2 aromatic heterocycles. The first-order valence-electron chi connectivity index (χ1n) is 8.20. The van der Waals surface area contributed by atoms with E-state index in [1.165, 1.54) is 0 Å². The minimum atomic E-state index is 0.218. The number of thiophene rings is 1. The zero-order chi connectivity index (χ0) is 18.8. The molecule has 0 atom stereocenters. The number of hydrogen-bond acceptors (Lipinski definition) is 7. The predicted octanol–water partition coefficient (Wildman–Crippen LogP) is 4.82. The normalized spacial score (nSPS) is 10.7. The molecular formula is C20H17N3O3S. The van der Waals surface area contributed by atoms with Crippen LogP contribution < -0.4 is 14.8 Å². The second-order valence-corrected chi connectivity index (χ2v) is 6.65. The van der Waals surface area contributed by atoms with Crippen molar-refractivity contribution in [1.82, 2.24) is 9.97 Å². The zero-order valence-corrected chi connectivity index (χ0v) is 15.6. The van der Waals surface area contributed by atoms with Crippen LogP contribution in [-0.2, 0) is 0 Å². The van der Waals surface area contributed by atoms with E-state index < -0.39 is 0 Å². The molecule has 27 heavy (non-hydrogen) atoms. The number of ether oxygens (including phenoxy) is 2. The summed E-state index contributed by atoms with van der Waals surface area (Å²) in [5.41, 5.74) is 2.83. The van der Waals surface area contributed by atoms with Crippen LogP contribution in [0.3, 0.4) is 0 Å². The average Bonchev–Trinajstić information content (AvgIpc) is 3.14. The van der Waals surface area contributed by atoms with E-state index in [-0.39, 0.29) is 5.75 Å². The van der Waals surface area contributed by atoms with Crippen molar-refractivity contribution in [1.29, 1.82) is 0 Å². The van der Waals surface area contributed by atoms with E-state index in [1.807, 2.05) is 18.2 Å². The maximum Gasteiger partial charge on any atom is 0.161 e. The molecule has 4 rings (SSSR count). The maximum atomic E-state index is 9.47.